The van der Waals surface area contributed by atoms with Crippen molar-refractivity contribution in [2.24, 2.45) is 0 Å². The third-order valence-corrected chi connectivity index (χ3v) is 3.79. The molecule has 2 aromatic rings. The number of fused-ring (bicyclic) bond motifs is 1. The van der Waals surface area contributed by atoms with E-state index < -0.39 is 0 Å². The van der Waals surface area contributed by atoms with Gasteiger partial charge >= 0.3 is 0 Å². The van der Waals surface area contributed by atoms with E-state index in [-0.39, 0.29) is 11.8 Å². The lowest BCUT2D eigenvalue weighted by atomic mass is 10.1. The van der Waals surface area contributed by atoms with Crippen LogP contribution >= 0.6 is 0 Å². The first kappa shape index (κ1) is 15.4. The Morgan fingerprint density at radius 2 is 1.48 bits per heavy atom. The van der Waals surface area contributed by atoms with Crippen molar-refractivity contribution in [3.05, 3.63) is 77.9 Å². The Hall–Kier alpha value is -2.46. The number of ether oxygens (including phenoxy) is 1. The maximum Gasteiger partial charge on any atom is 0.261 e. The Morgan fingerprint density at radius 3 is 2.13 bits per heavy atom. The SMILES string of the molecule is O=C1c2ccccc2C(=O)N1CCC[CH]OCc1ccccc1. The van der Waals surface area contributed by atoms with Gasteiger partial charge in [-0.15, -0.1) is 0 Å². The molecule has 0 aromatic heterocycles. The normalized spacial score (nSPS) is 13.5. The molecule has 0 saturated carbocycles. The van der Waals surface area contributed by atoms with Gasteiger partial charge in [0.25, 0.3) is 11.8 Å². The van der Waals surface area contributed by atoms with E-state index >= 15 is 0 Å². The minimum absolute atomic E-state index is 0.198. The lowest BCUT2D eigenvalue weighted by Crippen LogP contribution is -2.30. The van der Waals surface area contributed by atoms with Crippen LogP contribution in [0, 0.1) is 6.61 Å². The smallest absolute Gasteiger partial charge is 0.261 e. The summed E-state index contributed by atoms with van der Waals surface area (Å²) in [5.41, 5.74) is 2.12. The first-order chi connectivity index (χ1) is 11.3. The lowest BCUT2D eigenvalue weighted by Gasteiger charge is -2.13. The molecule has 0 saturated heterocycles. The molecular weight excluding hydrogens is 290 g/mol. The predicted octanol–water partition coefficient (Wildman–Crippen LogP) is 3.44. The average molecular weight is 308 g/mol. The van der Waals surface area contributed by atoms with Crippen LogP contribution in [-0.2, 0) is 11.3 Å². The molecule has 117 valence electrons. The Bertz CT molecular complexity index is 662. The summed E-state index contributed by atoms with van der Waals surface area (Å²) >= 11 is 0. The van der Waals surface area contributed by atoms with Crippen molar-refractivity contribution in [2.75, 3.05) is 6.54 Å². The highest BCUT2D eigenvalue weighted by molar-refractivity contribution is 6.21. The van der Waals surface area contributed by atoms with Crippen LogP contribution in [0.2, 0.25) is 0 Å². The van der Waals surface area contributed by atoms with Gasteiger partial charge in [0, 0.05) is 6.54 Å². The molecule has 23 heavy (non-hydrogen) atoms. The molecule has 2 aromatic carbocycles. The highest BCUT2D eigenvalue weighted by atomic mass is 16.5. The molecule has 0 atom stereocenters. The molecule has 4 heteroatoms. The maximum atomic E-state index is 12.2. The van der Waals surface area contributed by atoms with E-state index in [0.717, 1.165) is 5.56 Å². The number of benzene rings is 2. The van der Waals surface area contributed by atoms with Crippen LogP contribution in [0.1, 0.15) is 39.1 Å². The van der Waals surface area contributed by atoms with Crippen LogP contribution < -0.4 is 0 Å². The summed E-state index contributed by atoms with van der Waals surface area (Å²) in [6.07, 6.45) is 1.39. The molecule has 0 aliphatic carbocycles. The zero-order valence-corrected chi connectivity index (χ0v) is 12.8. The van der Waals surface area contributed by atoms with Crippen LogP contribution in [0.5, 0.6) is 0 Å². The third-order valence-electron chi connectivity index (χ3n) is 3.79. The predicted molar refractivity (Wildman–Crippen MR) is 86.6 cm³/mol. The van der Waals surface area contributed by atoms with E-state index in [9.17, 15) is 9.59 Å². The molecule has 1 radical (unpaired) electrons. The van der Waals surface area contributed by atoms with Gasteiger partial charge in [0.05, 0.1) is 24.3 Å². The third kappa shape index (κ3) is 3.48. The van der Waals surface area contributed by atoms with Crippen LogP contribution in [0.4, 0.5) is 0 Å². The number of rotatable bonds is 7. The summed E-state index contributed by atoms with van der Waals surface area (Å²) in [7, 11) is 0. The van der Waals surface area contributed by atoms with Crippen LogP contribution in [0.15, 0.2) is 54.6 Å². The zero-order chi connectivity index (χ0) is 16.1. The molecule has 1 aliphatic heterocycles. The zero-order valence-electron chi connectivity index (χ0n) is 12.8. The highest BCUT2D eigenvalue weighted by Gasteiger charge is 2.34. The van der Waals surface area contributed by atoms with Gasteiger partial charge in [-0.2, -0.15) is 0 Å². The van der Waals surface area contributed by atoms with Crippen molar-refractivity contribution in [1.82, 2.24) is 4.90 Å². The number of amides is 2. The first-order valence-corrected chi connectivity index (χ1v) is 7.70. The Balaban J connectivity index is 1.40. The Kier molecular flexibility index (Phi) is 4.83. The number of hydrogen-bond acceptors (Lipinski definition) is 3. The second-order valence-electron chi connectivity index (χ2n) is 5.41. The molecule has 1 aliphatic rings. The molecule has 4 nitrogen and oxygen atoms in total. The monoisotopic (exact) mass is 308 g/mol. The van der Waals surface area contributed by atoms with Gasteiger partial charge in [0.1, 0.15) is 0 Å². The summed E-state index contributed by atoms with van der Waals surface area (Å²) in [4.78, 5) is 25.7. The van der Waals surface area contributed by atoms with Crippen molar-refractivity contribution in [2.45, 2.75) is 19.4 Å². The second-order valence-corrected chi connectivity index (χ2v) is 5.41. The second kappa shape index (κ2) is 7.20. The molecule has 0 unspecified atom stereocenters. The molecule has 0 N–H and O–H groups in total. The summed E-state index contributed by atoms with van der Waals surface area (Å²) in [5.74, 6) is -0.397. The van der Waals surface area contributed by atoms with E-state index in [1.165, 1.54) is 4.90 Å². The number of imide groups is 1. The highest BCUT2D eigenvalue weighted by Crippen LogP contribution is 2.22. The topological polar surface area (TPSA) is 46.6 Å². The summed E-state index contributed by atoms with van der Waals surface area (Å²) < 4.78 is 5.49. The molecule has 3 rings (SSSR count). The van der Waals surface area contributed by atoms with E-state index in [2.05, 4.69) is 0 Å². The number of carbonyl (C=O) groups excluding carboxylic acids is 2. The Labute approximate surface area is 135 Å². The maximum absolute atomic E-state index is 12.2. The van der Waals surface area contributed by atoms with E-state index in [1.54, 1.807) is 30.9 Å². The number of hydrogen-bond donors (Lipinski definition) is 0. The largest absolute Gasteiger partial charge is 0.371 e. The molecule has 0 fully saturated rings. The summed E-state index contributed by atoms with van der Waals surface area (Å²) in [6, 6.07) is 16.9. The fourth-order valence-corrected chi connectivity index (χ4v) is 2.59. The average Bonchev–Trinajstić information content (AvgIpc) is 2.84. The van der Waals surface area contributed by atoms with E-state index in [0.29, 0.717) is 37.1 Å². The number of nitrogens with zero attached hydrogens (tertiary/aromatic N) is 1. The van der Waals surface area contributed by atoms with Gasteiger partial charge in [-0.1, -0.05) is 42.5 Å². The standard InChI is InChI=1S/C19H18NO3/c21-18-16-10-4-5-11-17(16)19(22)20(18)12-6-7-13-23-14-15-8-2-1-3-9-15/h1-5,8-11,13H,6-7,12,14H2. The Morgan fingerprint density at radius 1 is 0.870 bits per heavy atom. The van der Waals surface area contributed by atoms with Gasteiger partial charge in [-0.05, 0) is 30.5 Å². The van der Waals surface area contributed by atoms with Gasteiger partial charge in [-0.3, -0.25) is 14.5 Å². The van der Waals surface area contributed by atoms with Gasteiger partial charge < -0.3 is 4.74 Å². The fourth-order valence-electron chi connectivity index (χ4n) is 2.59. The van der Waals surface area contributed by atoms with Crippen molar-refractivity contribution in [3.63, 3.8) is 0 Å². The van der Waals surface area contributed by atoms with Crippen molar-refractivity contribution in [3.8, 4) is 0 Å². The van der Waals surface area contributed by atoms with E-state index in [4.69, 9.17) is 4.74 Å². The lowest BCUT2D eigenvalue weighted by molar-refractivity contribution is 0.0649. The molecular formula is C19H18NO3. The van der Waals surface area contributed by atoms with Crippen molar-refractivity contribution < 1.29 is 14.3 Å². The van der Waals surface area contributed by atoms with Crippen molar-refractivity contribution in [1.29, 1.82) is 0 Å². The number of unbranched alkanes of at least 4 members (excludes halogenated alkanes) is 1. The van der Waals surface area contributed by atoms with Gasteiger partial charge in [0.15, 0.2) is 0 Å². The molecule has 0 spiro atoms. The van der Waals surface area contributed by atoms with Crippen LogP contribution in [-0.4, -0.2) is 23.3 Å². The van der Waals surface area contributed by atoms with E-state index in [1.807, 2.05) is 30.3 Å². The van der Waals surface area contributed by atoms with Gasteiger partial charge in [0.2, 0.25) is 0 Å². The van der Waals surface area contributed by atoms with Gasteiger partial charge in [-0.25, -0.2) is 0 Å². The quantitative estimate of drug-likeness (QED) is 0.581. The number of carbonyl (C=O) groups is 2. The molecule has 0 bridgehead atoms. The summed E-state index contributed by atoms with van der Waals surface area (Å²) in [5, 5.41) is 0. The first-order valence-electron chi connectivity index (χ1n) is 7.70. The fraction of sp³-hybridized carbons (Fsp3) is 0.211. The van der Waals surface area contributed by atoms with Crippen molar-refractivity contribution >= 4 is 11.8 Å². The molecule has 2 amide bonds. The minimum atomic E-state index is -0.198. The molecule has 1 heterocycles. The van der Waals surface area contributed by atoms with Crippen LogP contribution in [0.3, 0.4) is 0 Å². The summed E-state index contributed by atoms with van der Waals surface area (Å²) in [6.45, 7) is 2.69. The van der Waals surface area contributed by atoms with Crippen LogP contribution in [0.25, 0.3) is 0 Å². The minimum Gasteiger partial charge on any atom is -0.371 e.